The van der Waals surface area contributed by atoms with Gasteiger partial charge in [-0.3, -0.25) is 9.78 Å². The summed E-state index contributed by atoms with van der Waals surface area (Å²) < 4.78 is 26.1. The maximum absolute atomic E-state index is 12.7. The fraction of sp³-hybridized carbons (Fsp3) is 0.300. The first kappa shape index (κ1) is 19.4. The monoisotopic (exact) mass is 432 g/mol. The third-order valence-electron chi connectivity index (χ3n) is 4.79. The van der Waals surface area contributed by atoms with Crippen LogP contribution in [-0.4, -0.2) is 29.1 Å². The van der Waals surface area contributed by atoms with Crippen LogP contribution in [0.15, 0.2) is 53.7 Å². The molecular formula is C20H20N2O3S3. The van der Waals surface area contributed by atoms with Crippen molar-refractivity contribution in [3.05, 3.63) is 59.2 Å². The summed E-state index contributed by atoms with van der Waals surface area (Å²) in [5.74, 6) is -0.144. The van der Waals surface area contributed by atoms with E-state index in [-0.39, 0.29) is 10.5 Å². The van der Waals surface area contributed by atoms with Crippen molar-refractivity contribution < 1.29 is 13.2 Å². The van der Waals surface area contributed by atoms with Gasteiger partial charge in [0, 0.05) is 24.2 Å². The van der Waals surface area contributed by atoms with E-state index in [4.69, 9.17) is 0 Å². The molecule has 8 heteroatoms. The first-order valence-corrected chi connectivity index (χ1v) is 12.3. The second-order valence-electron chi connectivity index (χ2n) is 6.85. The summed E-state index contributed by atoms with van der Waals surface area (Å²) in [6, 6.07) is 10.6. The molecule has 0 bridgehead atoms. The van der Waals surface area contributed by atoms with Gasteiger partial charge in [0.2, 0.25) is 0 Å². The normalized spacial score (nSPS) is 19.8. The van der Waals surface area contributed by atoms with Crippen molar-refractivity contribution in [1.82, 2.24) is 10.3 Å². The first-order chi connectivity index (χ1) is 13.4. The van der Waals surface area contributed by atoms with Gasteiger partial charge in [-0.05, 0) is 48.1 Å². The molecule has 4 rings (SSSR count). The molecule has 2 atom stereocenters. The van der Waals surface area contributed by atoms with E-state index in [0.29, 0.717) is 28.0 Å². The van der Waals surface area contributed by atoms with Crippen LogP contribution in [0.2, 0.25) is 0 Å². The topological polar surface area (TPSA) is 76.1 Å². The van der Waals surface area contributed by atoms with Crippen LogP contribution in [0.4, 0.5) is 0 Å². The zero-order valence-electron chi connectivity index (χ0n) is 15.3. The SMILES string of the molecule is CC1CCC(S(=O)(=O)c2ccc(CNC(=O)c3cc4ccncc4s3)cc2)S1. The van der Waals surface area contributed by atoms with E-state index in [1.807, 2.05) is 12.1 Å². The second kappa shape index (κ2) is 7.85. The summed E-state index contributed by atoms with van der Waals surface area (Å²) in [4.78, 5) is 17.5. The summed E-state index contributed by atoms with van der Waals surface area (Å²) in [6.07, 6.45) is 5.10. The number of hydrogen-bond acceptors (Lipinski definition) is 6. The van der Waals surface area contributed by atoms with Gasteiger partial charge >= 0.3 is 0 Å². The minimum atomic E-state index is -3.31. The summed E-state index contributed by atoms with van der Waals surface area (Å²) in [5, 5.41) is 4.28. The molecule has 1 amide bonds. The number of hydrogen-bond donors (Lipinski definition) is 1. The van der Waals surface area contributed by atoms with E-state index in [1.54, 1.807) is 36.7 Å². The molecule has 146 valence electrons. The number of fused-ring (bicyclic) bond motifs is 1. The van der Waals surface area contributed by atoms with Gasteiger partial charge in [-0.25, -0.2) is 8.42 Å². The molecule has 2 unspecified atom stereocenters. The predicted molar refractivity (Wildman–Crippen MR) is 114 cm³/mol. The fourth-order valence-corrected chi connectivity index (χ4v) is 7.97. The lowest BCUT2D eigenvalue weighted by molar-refractivity contribution is 0.0955. The molecule has 0 aliphatic carbocycles. The van der Waals surface area contributed by atoms with E-state index in [2.05, 4.69) is 17.2 Å². The van der Waals surface area contributed by atoms with Crippen LogP contribution in [-0.2, 0) is 16.4 Å². The molecule has 2 aromatic heterocycles. The summed E-state index contributed by atoms with van der Waals surface area (Å²) in [6.45, 7) is 2.42. The van der Waals surface area contributed by atoms with Gasteiger partial charge in [0.25, 0.3) is 5.91 Å². The molecule has 3 aromatic rings. The molecule has 0 saturated carbocycles. The maximum Gasteiger partial charge on any atom is 0.261 e. The number of nitrogens with one attached hydrogen (secondary N) is 1. The van der Waals surface area contributed by atoms with Gasteiger partial charge in [0.05, 0.1) is 14.5 Å². The average molecular weight is 433 g/mol. The number of sulfone groups is 1. The molecule has 1 fully saturated rings. The average Bonchev–Trinajstić information content (AvgIpc) is 3.33. The first-order valence-electron chi connectivity index (χ1n) is 9.03. The molecule has 5 nitrogen and oxygen atoms in total. The van der Waals surface area contributed by atoms with E-state index in [9.17, 15) is 13.2 Å². The fourth-order valence-electron chi connectivity index (χ4n) is 3.21. The Bertz CT molecular complexity index is 1070. The molecule has 0 spiro atoms. The zero-order valence-corrected chi connectivity index (χ0v) is 17.7. The standard InChI is InChI=1S/C20H20N2O3S3/c1-13-2-7-19(26-13)28(24,25)16-5-3-14(4-6-16)11-22-20(23)17-10-15-8-9-21-12-18(15)27-17/h3-6,8-10,12-13,19H,2,7,11H2,1H3,(H,22,23). The van der Waals surface area contributed by atoms with Gasteiger partial charge in [-0.2, -0.15) is 0 Å². The number of aromatic nitrogens is 1. The number of benzene rings is 1. The minimum absolute atomic E-state index is 0.144. The van der Waals surface area contributed by atoms with Crippen LogP contribution >= 0.6 is 23.1 Å². The van der Waals surface area contributed by atoms with E-state index in [1.165, 1.54) is 23.1 Å². The lowest BCUT2D eigenvalue weighted by Crippen LogP contribution is -2.21. The highest BCUT2D eigenvalue weighted by molar-refractivity contribution is 8.14. The number of thioether (sulfide) groups is 1. The van der Waals surface area contributed by atoms with Gasteiger partial charge in [0.1, 0.15) is 4.58 Å². The Morgan fingerprint density at radius 1 is 1.21 bits per heavy atom. The van der Waals surface area contributed by atoms with Crippen LogP contribution in [0.5, 0.6) is 0 Å². The van der Waals surface area contributed by atoms with Gasteiger partial charge in [0.15, 0.2) is 9.84 Å². The molecule has 1 aliphatic heterocycles. The number of nitrogens with zero attached hydrogens (tertiary/aromatic N) is 1. The van der Waals surface area contributed by atoms with Crippen molar-refractivity contribution in [1.29, 1.82) is 0 Å². The molecule has 28 heavy (non-hydrogen) atoms. The summed E-state index contributed by atoms with van der Waals surface area (Å²) in [5.41, 5.74) is 0.863. The molecule has 1 aliphatic rings. The maximum atomic E-state index is 12.7. The molecule has 1 saturated heterocycles. The highest BCUT2D eigenvalue weighted by Gasteiger charge is 2.34. The Balaban J connectivity index is 1.41. The molecule has 1 aromatic carbocycles. The number of amides is 1. The van der Waals surface area contributed by atoms with E-state index in [0.717, 1.165) is 22.1 Å². The van der Waals surface area contributed by atoms with Crippen LogP contribution in [0, 0.1) is 0 Å². The smallest absolute Gasteiger partial charge is 0.261 e. The number of carbonyl (C=O) groups excluding carboxylic acids is 1. The van der Waals surface area contributed by atoms with Gasteiger partial charge in [-0.1, -0.05) is 19.1 Å². The Morgan fingerprint density at radius 3 is 2.68 bits per heavy atom. The number of rotatable bonds is 5. The summed E-state index contributed by atoms with van der Waals surface area (Å²) in [7, 11) is -3.31. The zero-order chi connectivity index (χ0) is 19.7. The Hall–Kier alpha value is -1.90. The van der Waals surface area contributed by atoms with Crippen LogP contribution < -0.4 is 5.32 Å². The van der Waals surface area contributed by atoms with Gasteiger partial charge in [-0.15, -0.1) is 23.1 Å². The van der Waals surface area contributed by atoms with Crippen LogP contribution in [0.25, 0.3) is 10.1 Å². The van der Waals surface area contributed by atoms with Crippen molar-refractivity contribution in [2.75, 3.05) is 0 Å². The molecule has 3 heterocycles. The quantitative estimate of drug-likeness (QED) is 0.653. The van der Waals surface area contributed by atoms with E-state index >= 15 is 0 Å². The van der Waals surface area contributed by atoms with Crippen LogP contribution in [0.3, 0.4) is 0 Å². The van der Waals surface area contributed by atoms with Crippen LogP contribution in [0.1, 0.15) is 35.0 Å². The van der Waals surface area contributed by atoms with Crippen molar-refractivity contribution in [3.8, 4) is 0 Å². The lowest BCUT2D eigenvalue weighted by atomic mass is 10.2. The minimum Gasteiger partial charge on any atom is -0.347 e. The Kier molecular flexibility index (Phi) is 5.44. The molecular weight excluding hydrogens is 412 g/mol. The Labute approximate surface area is 172 Å². The van der Waals surface area contributed by atoms with Crippen molar-refractivity contribution in [3.63, 3.8) is 0 Å². The summed E-state index contributed by atoms with van der Waals surface area (Å²) >= 11 is 2.94. The highest BCUT2D eigenvalue weighted by atomic mass is 32.3. The van der Waals surface area contributed by atoms with Crippen molar-refractivity contribution >= 4 is 48.9 Å². The molecule has 1 N–H and O–H groups in total. The van der Waals surface area contributed by atoms with E-state index < -0.39 is 9.84 Å². The number of carbonyl (C=O) groups is 1. The third-order valence-corrected chi connectivity index (χ3v) is 10.1. The molecule has 0 radical (unpaired) electrons. The number of thiophene rings is 1. The third kappa shape index (κ3) is 3.94. The van der Waals surface area contributed by atoms with Crippen molar-refractivity contribution in [2.24, 2.45) is 0 Å². The van der Waals surface area contributed by atoms with Crippen molar-refractivity contribution in [2.45, 2.75) is 41.0 Å². The Morgan fingerprint density at radius 2 is 2.00 bits per heavy atom. The largest absolute Gasteiger partial charge is 0.347 e. The lowest BCUT2D eigenvalue weighted by Gasteiger charge is -2.12. The predicted octanol–water partition coefficient (Wildman–Crippen LogP) is 4.24. The second-order valence-corrected chi connectivity index (χ2v) is 12.0. The number of pyridine rings is 1. The highest BCUT2D eigenvalue weighted by Crippen LogP contribution is 2.39. The van der Waals surface area contributed by atoms with Gasteiger partial charge < -0.3 is 5.32 Å².